The van der Waals surface area contributed by atoms with Gasteiger partial charge in [-0.15, -0.1) is 0 Å². The smallest absolute Gasteiger partial charge is 0.229 e. The van der Waals surface area contributed by atoms with E-state index in [1.807, 2.05) is 62.3 Å². The van der Waals surface area contributed by atoms with Gasteiger partial charge in [-0.25, -0.2) is 0 Å². The molecule has 5 nitrogen and oxygen atoms in total. The first kappa shape index (κ1) is 18.3. The average molecular weight is 372 g/mol. The zero-order chi connectivity index (χ0) is 18.8. The van der Waals surface area contributed by atoms with E-state index in [4.69, 9.17) is 11.6 Å². The van der Waals surface area contributed by atoms with Crippen molar-refractivity contribution in [3.8, 4) is 0 Å². The molecule has 26 heavy (non-hydrogen) atoms. The van der Waals surface area contributed by atoms with E-state index in [-0.39, 0.29) is 24.2 Å². The quantitative estimate of drug-likeness (QED) is 0.891. The summed E-state index contributed by atoms with van der Waals surface area (Å²) in [6.07, 6.45) is 0.201. The number of amides is 2. The van der Waals surface area contributed by atoms with Gasteiger partial charge in [-0.1, -0.05) is 17.7 Å². The van der Waals surface area contributed by atoms with E-state index in [1.165, 1.54) is 0 Å². The zero-order valence-corrected chi connectivity index (χ0v) is 15.9. The molecule has 0 bridgehead atoms. The average Bonchev–Trinajstić information content (AvgIpc) is 3.00. The molecule has 1 heterocycles. The lowest BCUT2D eigenvalue weighted by atomic mass is 10.1. The van der Waals surface area contributed by atoms with Gasteiger partial charge in [0.2, 0.25) is 11.8 Å². The summed E-state index contributed by atoms with van der Waals surface area (Å²) in [7, 11) is 3.92. The van der Waals surface area contributed by atoms with Gasteiger partial charge in [0.25, 0.3) is 0 Å². The number of hydrogen-bond acceptors (Lipinski definition) is 3. The van der Waals surface area contributed by atoms with Crippen LogP contribution in [0, 0.1) is 12.8 Å². The zero-order valence-electron chi connectivity index (χ0n) is 15.1. The second-order valence-electron chi connectivity index (χ2n) is 6.77. The van der Waals surface area contributed by atoms with Crippen LogP contribution >= 0.6 is 11.6 Å². The predicted octanol–water partition coefficient (Wildman–Crippen LogP) is 3.71. The van der Waals surface area contributed by atoms with Crippen molar-refractivity contribution in [3.63, 3.8) is 0 Å². The highest BCUT2D eigenvalue weighted by molar-refractivity contribution is 6.31. The first-order chi connectivity index (χ1) is 12.3. The second-order valence-corrected chi connectivity index (χ2v) is 7.18. The van der Waals surface area contributed by atoms with E-state index in [1.54, 1.807) is 11.0 Å². The Hall–Kier alpha value is -2.53. The number of nitrogens with zero attached hydrogens (tertiary/aromatic N) is 2. The first-order valence-electron chi connectivity index (χ1n) is 8.50. The van der Waals surface area contributed by atoms with Crippen molar-refractivity contribution >= 4 is 40.5 Å². The number of hydrogen-bond donors (Lipinski definition) is 1. The van der Waals surface area contributed by atoms with E-state index in [0.29, 0.717) is 11.6 Å². The Balaban J connectivity index is 1.67. The maximum atomic E-state index is 12.6. The third kappa shape index (κ3) is 3.83. The molecule has 0 radical (unpaired) electrons. The number of anilines is 3. The number of carbonyl (C=O) groups excluding carboxylic acids is 2. The molecule has 3 rings (SSSR count). The van der Waals surface area contributed by atoms with E-state index in [0.717, 1.165) is 22.6 Å². The molecule has 136 valence electrons. The Bertz CT molecular complexity index is 833. The lowest BCUT2D eigenvalue weighted by Gasteiger charge is -2.18. The molecule has 0 aromatic heterocycles. The van der Waals surface area contributed by atoms with Gasteiger partial charge in [0.15, 0.2) is 0 Å². The Labute approximate surface area is 158 Å². The van der Waals surface area contributed by atoms with Crippen molar-refractivity contribution in [3.05, 3.63) is 53.1 Å². The van der Waals surface area contributed by atoms with Crippen LogP contribution in [0.25, 0.3) is 0 Å². The minimum atomic E-state index is -0.379. The van der Waals surface area contributed by atoms with Gasteiger partial charge in [0.1, 0.15) is 0 Å². The molecule has 0 unspecified atom stereocenters. The Morgan fingerprint density at radius 2 is 1.88 bits per heavy atom. The van der Waals surface area contributed by atoms with Gasteiger partial charge >= 0.3 is 0 Å². The Kier molecular flexibility index (Phi) is 5.18. The molecule has 0 saturated carbocycles. The highest BCUT2D eigenvalue weighted by Gasteiger charge is 2.35. The SMILES string of the molecule is Cc1ccc(N2C[C@@H](C(=O)Nc3ccc(N(C)C)cc3)CC2=O)cc1Cl. The van der Waals surface area contributed by atoms with Crippen LogP contribution in [0.3, 0.4) is 0 Å². The number of rotatable bonds is 4. The first-order valence-corrected chi connectivity index (χ1v) is 8.87. The molecule has 2 aromatic carbocycles. The third-order valence-electron chi connectivity index (χ3n) is 4.61. The molecule has 1 atom stereocenters. The molecule has 6 heteroatoms. The summed E-state index contributed by atoms with van der Waals surface area (Å²) in [5, 5.41) is 3.52. The van der Waals surface area contributed by atoms with E-state index in [9.17, 15) is 9.59 Å². The summed E-state index contributed by atoms with van der Waals surface area (Å²) >= 11 is 6.16. The fourth-order valence-electron chi connectivity index (χ4n) is 2.97. The van der Waals surface area contributed by atoms with Gasteiger partial charge in [-0.2, -0.15) is 0 Å². The molecule has 0 spiro atoms. The molecule has 2 amide bonds. The van der Waals surface area contributed by atoms with Gasteiger partial charge in [0, 0.05) is 49.1 Å². The van der Waals surface area contributed by atoms with Gasteiger partial charge < -0.3 is 15.1 Å². The van der Waals surface area contributed by atoms with Crippen molar-refractivity contribution in [1.82, 2.24) is 0 Å². The minimum absolute atomic E-state index is 0.0620. The number of nitrogens with one attached hydrogen (secondary N) is 1. The summed E-state index contributed by atoms with van der Waals surface area (Å²) in [5.41, 5.74) is 3.47. The van der Waals surface area contributed by atoms with Gasteiger partial charge in [0.05, 0.1) is 5.92 Å². The summed E-state index contributed by atoms with van der Waals surface area (Å²) in [6.45, 7) is 2.27. The summed E-state index contributed by atoms with van der Waals surface area (Å²) in [5.74, 6) is -0.583. The highest BCUT2D eigenvalue weighted by atomic mass is 35.5. The van der Waals surface area contributed by atoms with E-state index < -0.39 is 0 Å². The van der Waals surface area contributed by atoms with Crippen molar-refractivity contribution in [2.75, 3.05) is 35.8 Å². The van der Waals surface area contributed by atoms with Crippen molar-refractivity contribution < 1.29 is 9.59 Å². The molecule has 1 N–H and O–H groups in total. The van der Waals surface area contributed by atoms with Gasteiger partial charge in [-0.05, 0) is 48.9 Å². The maximum absolute atomic E-state index is 12.6. The molecular formula is C20H22ClN3O2. The minimum Gasteiger partial charge on any atom is -0.378 e. The number of benzene rings is 2. The molecule has 1 fully saturated rings. The maximum Gasteiger partial charge on any atom is 0.229 e. The topological polar surface area (TPSA) is 52.7 Å². The normalized spacial score (nSPS) is 16.7. The summed E-state index contributed by atoms with van der Waals surface area (Å²) < 4.78 is 0. The molecule has 1 aliphatic heterocycles. The predicted molar refractivity (Wildman–Crippen MR) is 106 cm³/mol. The standard InChI is InChI=1S/C20H22ClN3O2/c1-13-4-7-17(11-18(13)21)24-12-14(10-19(24)25)20(26)22-15-5-8-16(9-6-15)23(2)3/h4-9,11,14H,10,12H2,1-3H3,(H,22,26)/t14-/m0/s1. The number of halogens is 1. The fourth-order valence-corrected chi connectivity index (χ4v) is 3.14. The third-order valence-corrected chi connectivity index (χ3v) is 5.02. The summed E-state index contributed by atoms with van der Waals surface area (Å²) in [6, 6.07) is 13.1. The van der Waals surface area contributed by atoms with E-state index >= 15 is 0 Å². The van der Waals surface area contributed by atoms with Crippen LogP contribution < -0.4 is 15.1 Å². The van der Waals surface area contributed by atoms with Crippen LogP contribution in [-0.2, 0) is 9.59 Å². The van der Waals surface area contributed by atoms with Crippen LogP contribution in [0.4, 0.5) is 17.1 Å². The van der Waals surface area contributed by atoms with Gasteiger partial charge in [-0.3, -0.25) is 9.59 Å². The lowest BCUT2D eigenvalue weighted by Crippen LogP contribution is -2.28. The highest BCUT2D eigenvalue weighted by Crippen LogP contribution is 2.29. The largest absolute Gasteiger partial charge is 0.378 e. The molecular weight excluding hydrogens is 350 g/mol. The van der Waals surface area contributed by atoms with E-state index in [2.05, 4.69) is 5.32 Å². The van der Waals surface area contributed by atoms with Crippen LogP contribution in [0.15, 0.2) is 42.5 Å². The number of aryl methyl sites for hydroxylation is 1. The van der Waals surface area contributed by atoms with Crippen LogP contribution in [-0.4, -0.2) is 32.5 Å². The number of carbonyl (C=O) groups is 2. The second kappa shape index (κ2) is 7.38. The molecule has 1 saturated heterocycles. The molecule has 1 aliphatic rings. The molecule has 0 aliphatic carbocycles. The van der Waals surface area contributed by atoms with Crippen molar-refractivity contribution in [2.24, 2.45) is 5.92 Å². The fraction of sp³-hybridized carbons (Fsp3) is 0.300. The molecule has 2 aromatic rings. The van der Waals surface area contributed by atoms with Crippen LogP contribution in [0.5, 0.6) is 0 Å². The lowest BCUT2D eigenvalue weighted by molar-refractivity contribution is -0.122. The van der Waals surface area contributed by atoms with Crippen LogP contribution in [0.2, 0.25) is 5.02 Å². The Morgan fingerprint density at radius 1 is 1.19 bits per heavy atom. The van der Waals surface area contributed by atoms with Crippen LogP contribution in [0.1, 0.15) is 12.0 Å². The monoisotopic (exact) mass is 371 g/mol. The van der Waals surface area contributed by atoms with Crippen molar-refractivity contribution in [1.29, 1.82) is 0 Å². The summed E-state index contributed by atoms with van der Waals surface area (Å²) in [4.78, 5) is 28.5. The Morgan fingerprint density at radius 3 is 2.50 bits per heavy atom. The van der Waals surface area contributed by atoms with Crippen molar-refractivity contribution in [2.45, 2.75) is 13.3 Å².